The van der Waals surface area contributed by atoms with Crippen LogP contribution in [-0.4, -0.2) is 4.98 Å². The van der Waals surface area contributed by atoms with E-state index in [4.69, 9.17) is 0 Å². The van der Waals surface area contributed by atoms with Gasteiger partial charge in [0.15, 0.2) is 0 Å². The molecule has 0 fully saturated rings. The maximum absolute atomic E-state index is 4.44. The molecule has 0 N–H and O–H groups in total. The van der Waals surface area contributed by atoms with E-state index in [-0.39, 0.29) is 21.0 Å². The van der Waals surface area contributed by atoms with Crippen LogP contribution in [0.15, 0.2) is 25.7 Å². The van der Waals surface area contributed by atoms with Gasteiger partial charge in [-0.1, -0.05) is 0 Å². The minimum Gasteiger partial charge on any atom is -0.264 e. The van der Waals surface area contributed by atoms with E-state index in [0.29, 0.717) is 0 Å². The standard InChI is InChI=1S/C8H7IN2/c1-6-4-9-11-8-2-3-10-5-7(6)8/h2-5H,1H3. The SMILES string of the molecule is CC1=CI=Nc2ccncc21. The number of hydrogen-bond acceptors (Lipinski definition) is 2. The van der Waals surface area contributed by atoms with Gasteiger partial charge in [-0.25, -0.2) is 3.15 Å². The van der Waals surface area contributed by atoms with Crippen LogP contribution in [0.4, 0.5) is 5.69 Å². The first-order valence-corrected chi connectivity index (χ1v) is 5.54. The average Bonchev–Trinajstić information content (AvgIpc) is 2.06. The van der Waals surface area contributed by atoms with Crippen molar-refractivity contribution >= 4 is 32.3 Å². The Labute approximate surface area is 75.5 Å². The molecule has 0 saturated carbocycles. The van der Waals surface area contributed by atoms with Crippen molar-refractivity contribution in [1.29, 1.82) is 0 Å². The molecule has 3 heteroatoms. The van der Waals surface area contributed by atoms with E-state index in [1.165, 1.54) is 11.1 Å². The largest absolute Gasteiger partial charge is 0.264 e. The molecule has 11 heavy (non-hydrogen) atoms. The Hall–Kier alpha value is -0.580. The van der Waals surface area contributed by atoms with Gasteiger partial charge in [-0.15, -0.1) is 0 Å². The molecule has 1 aromatic heterocycles. The number of aromatic nitrogens is 1. The van der Waals surface area contributed by atoms with Crippen molar-refractivity contribution in [3.63, 3.8) is 0 Å². The molecule has 1 aliphatic heterocycles. The molecular weight excluding hydrogens is 251 g/mol. The van der Waals surface area contributed by atoms with Gasteiger partial charge in [0.2, 0.25) is 0 Å². The fraction of sp³-hybridized carbons (Fsp3) is 0.125. The minimum absolute atomic E-state index is 0.0793. The summed E-state index contributed by atoms with van der Waals surface area (Å²) in [7, 11) is 0. The summed E-state index contributed by atoms with van der Waals surface area (Å²) >= 11 is -0.0793. The number of pyridine rings is 1. The number of hydrogen-bond donors (Lipinski definition) is 0. The summed E-state index contributed by atoms with van der Waals surface area (Å²) in [5.74, 6) is 0. The highest BCUT2D eigenvalue weighted by molar-refractivity contribution is 14.2. The fourth-order valence-electron chi connectivity index (χ4n) is 0.974. The van der Waals surface area contributed by atoms with Crippen LogP contribution in [0.3, 0.4) is 0 Å². The Morgan fingerprint density at radius 2 is 2.36 bits per heavy atom. The van der Waals surface area contributed by atoms with Crippen LogP contribution < -0.4 is 0 Å². The summed E-state index contributed by atoms with van der Waals surface area (Å²) in [6.07, 6.45) is 3.68. The average molecular weight is 258 g/mol. The highest BCUT2D eigenvalue weighted by Crippen LogP contribution is 2.34. The summed E-state index contributed by atoms with van der Waals surface area (Å²) in [6.45, 7) is 2.12. The van der Waals surface area contributed by atoms with E-state index in [9.17, 15) is 0 Å². The topological polar surface area (TPSA) is 25.2 Å². The molecule has 0 spiro atoms. The van der Waals surface area contributed by atoms with Crippen molar-refractivity contribution in [2.75, 3.05) is 0 Å². The smallest absolute Gasteiger partial charge is 0.0797 e. The Bertz CT molecular complexity index is 342. The number of fused-ring (bicyclic) bond motifs is 1. The van der Waals surface area contributed by atoms with Crippen molar-refractivity contribution in [2.24, 2.45) is 3.15 Å². The summed E-state index contributed by atoms with van der Waals surface area (Å²) in [4.78, 5) is 4.06. The summed E-state index contributed by atoms with van der Waals surface area (Å²) in [5, 5.41) is 0. The zero-order valence-corrected chi connectivity index (χ0v) is 8.24. The third kappa shape index (κ3) is 1.24. The van der Waals surface area contributed by atoms with Gasteiger partial charge < -0.3 is 0 Å². The lowest BCUT2D eigenvalue weighted by molar-refractivity contribution is 1.29. The lowest BCUT2D eigenvalue weighted by Gasteiger charge is -2.06. The Balaban J connectivity index is 2.67. The summed E-state index contributed by atoms with van der Waals surface area (Å²) < 4.78 is 6.66. The first-order valence-electron chi connectivity index (χ1n) is 3.33. The molecule has 0 aromatic carbocycles. The second-order valence-electron chi connectivity index (χ2n) is 2.37. The van der Waals surface area contributed by atoms with Crippen molar-refractivity contribution in [3.05, 3.63) is 28.1 Å². The van der Waals surface area contributed by atoms with E-state index in [1.807, 2.05) is 12.3 Å². The highest BCUT2D eigenvalue weighted by atomic mass is 127. The maximum atomic E-state index is 4.44. The maximum Gasteiger partial charge on any atom is 0.0797 e. The van der Waals surface area contributed by atoms with Gasteiger partial charge in [-0.3, -0.25) is 4.98 Å². The number of allylic oxidation sites excluding steroid dienone is 1. The van der Waals surface area contributed by atoms with E-state index in [1.54, 1.807) is 6.20 Å². The molecule has 0 amide bonds. The Morgan fingerprint density at radius 3 is 3.18 bits per heavy atom. The Kier molecular flexibility index (Phi) is 1.81. The van der Waals surface area contributed by atoms with Crippen molar-refractivity contribution < 1.29 is 0 Å². The van der Waals surface area contributed by atoms with Crippen LogP contribution in [0, 0.1) is 0 Å². The normalized spacial score (nSPS) is 14.8. The predicted octanol–water partition coefficient (Wildman–Crippen LogP) is 3.24. The van der Waals surface area contributed by atoms with Crippen LogP contribution in [0.2, 0.25) is 0 Å². The van der Waals surface area contributed by atoms with Crippen LogP contribution in [0.25, 0.3) is 5.57 Å². The van der Waals surface area contributed by atoms with Gasteiger partial charge in [0, 0.05) is 39.0 Å². The molecule has 0 unspecified atom stereocenters. The zero-order valence-electron chi connectivity index (χ0n) is 6.08. The molecule has 0 radical (unpaired) electrons. The van der Waals surface area contributed by atoms with Gasteiger partial charge >= 0.3 is 0 Å². The molecular formula is C8H7IN2. The molecule has 0 aliphatic carbocycles. The third-order valence-corrected chi connectivity index (χ3v) is 3.59. The van der Waals surface area contributed by atoms with Gasteiger partial charge in [0.1, 0.15) is 0 Å². The first kappa shape index (κ1) is 7.09. The number of rotatable bonds is 0. The van der Waals surface area contributed by atoms with Gasteiger partial charge in [-0.05, 0) is 22.6 Å². The van der Waals surface area contributed by atoms with Crippen LogP contribution >= 0.6 is 21.0 Å². The Morgan fingerprint density at radius 1 is 1.45 bits per heavy atom. The lowest BCUT2D eigenvalue weighted by Crippen LogP contribution is -1.83. The summed E-state index contributed by atoms with van der Waals surface area (Å²) in [6, 6.07) is 1.98. The van der Waals surface area contributed by atoms with E-state index in [2.05, 4.69) is 19.1 Å². The van der Waals surface area contributed by atoms with Crippen LogP contribution in [-0.2, 0) is 0 Å². The summed E-state index contributed by atoms with van der Waals surface area (Å²) in [5.41, 5.74) is 3.64. The number of nitrogens with zero attached hydrogens (tertiary/aromatic N) is 2. The van der Waals surface area contributed by atoms with Crippen molar-refractivity contribution in [3.8, 4) is 0 Å². The lowest BCUT2D eigenvalue weighted by atomic mass is 10.1. The monoisotopic (exact) mass is 258 g/mol. The van der Waals surface area contributed by atoms with Crippen molar-refractivity contribution in [2.45, 2.75) is 6.92 Å². The van der Waals surface area contributed by atoms with Gasteiger partial charge in [-0.2, -0.15) is 0 Å². The second-order valence-corrected chi connectivity index (χ2v) is 4.03. The van der Waals surface area contributed by atoms with E-state index >= 15 is 0 Å². The number of halogens is 1. The molecule has 2 rings (SSSR count). The van der Waals surface area contributed by atoms with E-state index in [0.717, 1.165) is 5.69 Å². The molecule has 0 saturated heterocycles. The molecule has 1 aliphatic rings. The minimum atomic E-state index is -0.0793. The third-order valence-electron chi connectivity index (χ3n) is 1.58. The van der Waals surface area contributed by atoms with Crippen LogP contribution in [0.1, 0.15) is 12.5 Å². The fourth-order valence-corrected chi connectivity index (χ4v) is 2.59. The molecule has 2 heterocycles. The predicted molar refractivity (Wildman–Crippen MR) is 54.0 cm³/mol. The molecule has 1 aromatic rings. The quantitative estimate of drug-likeness (QED) is 0.656. The van der Waals surface area contributed by atoms with Crippen molar-refractivity contribution in [1.82, 2.24) is 4.98 Å². The van der Waals surface area contributed by atoms with Gasteiger partial charge in [0.25, 0.3) is 0 Å². The molecule has 0 bridgehead atoms. The molecule has 0 atom stereocenters. The molecule has 56 valence electrons. The van der Waals surface area contributed by atoms with Gasteiger partial charge in [0.05, 0.1) is 5.69 Å². The zero-order chi connectivity index (χ0) is 7.68. The van der Waals surface area contributed by atoms with E-state index < -0.39 is 0 Å². The first-order chi connectivity index (χ1) is 5.38. The highest BCUT2D eigenvalue weighted by Gasteiger charge is 2.04. The second kappa shape index (κ2) is 2.81. The van der Waals surface area contributed by atoms with Crippen LogP contribution in [0.5, 0.6) is 0 Å². The molecule has 2 nitrogen and oxygen atoms in total.